The van der Waals surface area contributed by atoms with E-state index in [-0.39, 0.29) is 29.9 Å². The molecule has 1 fully saturated rings. The number of piperidine rings is 1. The monoisotopic (exact) mass is 544 g/mol. The number of carbonyl (C=O) groups is 1. The van der Waals surface area contributed by atoms with Crippen molar-refractivity contribution in [2.75, 3.05) is 41.4 Å². The minimum atomic E-state index is -4.51. The van der Waals surface area contributed by atoms with Crippen LogP contribution in [0.1, 0.15) is 24.1 Å². The van der Waals surface area contributed by atoms with E-state index in [1.165, 1.54) is 24.4 Å². The zero-order valence-corrected chi connectivity index (χ0v) is 21.0. The summed E-state index contributed by atoms with van der Waals surface area (Å²) in [6, 6.07) is 7.24. The third-order valence-electron chi connectivity index (χ3n) is 6.64. The maximum absolute atomic E-state index is 13.6. The van der Waals surface area contributed by atoms with E-state index in [1.54, 1.807) is 17.9 Å². The van der Waals surface area contributed by atoms with E-state index in [4.69, 9.17) is 9.84 Å². The molecule has 2 aliphatic rings. The summed E-state index contributed by atoms with van der Waals surface area (Å²) in [5.74, 6) is 1.03. The first-order valence-corrected chi connectivity index (χ1v) is 12.4. The third kappa shape index (κ3) is 5.59. The summed E-state index contributed by atoms with van der Waals surface area (Å²) >= 11 is 0. The molecule has 4 heterocycles. The van der Waals surface area contributed by atoms with Crippen LogP contribution in [0.25, 0.3) is 11.4 Å². The molecule has 0 saturated carbocycles. The van der Waals surface area contributed by atoms with E-state index in [2.05, 4.69) is 25.2 Å². The van der Waals surface area contributed by atoms with E-state index in [0.29, 0.717) is 29.5 Å². The molecule has 2 bridgehead atoms. The van der Waals surface area contributed by atoms with Crippen molar-refractivity contribution in [2.24, 2.45) is 0 Å². The third-order valence-corrected chi connectivity index (χ3v) is 6.64. The Morgan fingerprint density at radius 2 is 2.08 bits per heavy atom. The number of carbonyl (C=O) groups excluding carboxylic acids is 1. The summed E-state index contributed by atoms with van der Waals surface area (Å²) in [6.07, 6.45) is -2.57. The highest BCUT2D eigenvalue weighted by Crippen LogP contribution is 2.41. The van der Waals surface area contributed by atoms with E-state index in [0.717, 1.165) is 31.5 Å². The quantitative estimate of drug-likeness (QED) is 0.430. The lowest BCUT2D eigenvalue weighted by Gasteiger charge is -2.46. The Morgan fingerprint density at radius 1 is 1.26 bits per heavy atom. The number of benzene rings is 1. The number of aliphatic hydroxyl groups is 2. The van der Waals surface area contributed by atoms with E-state index in [9.17, 15) is 23.1 Å². The van der Waals surface area contributed by atoms with Gasteiger partial charge in [-0.2, -0.15) is 13.2 Å². The van der Waals surface area contributed by atoms with Crippen molar-refractivity contribution in [3.05, 3.63) is 53.9 Å². The Hall–Kier alpha value is -3.97. The zero-order valence-electron chi connectivity index (χ0n) is 21.0. The number of aryl methyl sites for hydroxylation is 1. The molecule has 2 atom stereocenters. The number of ether oxygens (including phenoxy) is 1. The summed E-state index contributed by atoms with van der Waals surface area (Å²) in [7, 11) is 0. The van der Waals surface area contributed by atoms with Crippen molar-refractivity contribution in [2.45, 2.75) is 38.1 Å². The van der Waals surface area contributed by atoms with Crippen LogP contribution in [0.4, 0.5) is 35.3 Å². The minimum Gasteiger partial charge on any atom is -0.489 e. The normalized spacial score (nSPS) is 17.4. The van der Waals surface area contributed by atoms with Crippen molar-refractivity contribution >= 4 is 23.4 Å². The number of anilines is 3. The van der Waals surface area contributed by atoms with E-state index < -0.39 is 30.5 Å². The Balaban J connectivity index is 1.45. The molecule has 1 unspecified atom stereocenters. The van der Waals surface area contributed by atoms with Gasteiger partial charge in [0.25, 0.3) is 0 Å². The number of fused-ring (bicyclic) bond motifs is 4. The summed E-state index contributed by atoms with van der Waals surface area (Å²) in [5.41, 5.74) is 0.634. The number of pyridine rings is 1. The van der Waals surface area contributed by atoms with Gasteiger partial charge in [0.2, 0.25) is 0 Å². The van der Waals surface area contributed by atoms with Crippen LogP contribution in [0.5, 0.6) is 5.75 Å². The highest BCUT2D eigenvalue weighted by molar-refractivity contribution is 6.04. The van der Waals surface area contributed by atoms with Crippen LogP contribution < -0.4 is 19.9 Å². The number of alkyl halides is 3. The Bertz CT molecular complexity index is 1350. The van der Waals surface area contributed by atoms with Gasteiger partial charge in [-0.3, -0.25) is 10.2 Å². The van der Waals surface area contributed by atoms with Gasteiger partial charge >= 0.3 is 12.2 Å². The molecular weight excluding hydrogens is 517 g/mol. The fourth-order valence-electron chi connectivity index (χ4n) is 4.81. The molecule has 3 aromatic rings. The van der Waals surface area contributed by atoms with Gasteiger partial charge < -0.3 is 19.8 Å². The first-order chi connectivity index (χ1) is 18.6. The summed E-state index contributed by atoms with van der Waals surface area (Å²) < 4.78 is 45.4. The number of halogens is 3. The second kappa shape index (κ2) is 10.7. The lowest BCUT2D eigenvalue weighted by Crippen LogP contribution is -2.56. The van der Waals surface area contributed by atoms with Crippen molar-refractivity contribution in [3.63, 3.8) is 0 Å². The zero-order chi connectivity index (χ0) is 27.7. The molecule has 13 heteroatoms. The van der Waals surface area contributed by atoms with Gasteiger partial charge in [0.1, 0.15) is 30.0 Å². The number of nitrogens with zero attached hydrogens (tertiary/aromatic N) is 5. The van der Waals surface area contributed by atoms with Crippen LogP contribution in [-0.2, 0) is 6.18 Å². The lowest BCUT2D eigenvalue weighted by molar-refractivity contribution is -0.137. The molecule has 10 nitrogen and oxygen atoms in total. The predicted molar refractivity (Wildman–Crippen MR) is 137 cm³/mol. The smallest absolute Gasteiger partial charge is 0.416 e. The van der Waals surface area contributed by atoms with Gasteiger partial charge in [-0.15, -0.1) is 0 Å². The maximum atomic E-state index is 13.6. The summed E-state index contributed by atoms with van der Waals surface area (Å²) in [5, 5.41) is 21.1. The fourth-order valence-corrected chi connectivity index (χ4v) is 4.81. The van der Waals surface area contributed by atoms with E-state index >= 15 is 0 Å². The molecule has 1 aromatic carbocycles. The first kappa shape index (κ1) is 26.6. The highest BCUT2D eigenvalue weighted by Gasteiger charge is 2.40. The molecule has 5 rings (SSSR count). The molecule has 2 aromatic heterocycles. The molecule has 0 aliphatic carbocycles. The molecule has 2 aliphatic heterocycles. The van der Waals surface area contributed by atoms with Crippen LogP contribution in [-0.4, -0.2) is 69.6 Å². The number of hydrogen-bond donors (Lipinski definition) is 3. The molecule has 206 valence electrons. The second-order valence-corrected chi connectivity index (χ2v) is 9.45. The molecule has 0 spiro atoms. The van der Waals surface area contributed by atoms with Gasteiger partial charge in [0, 0.05) is 18.7 Å². The number of aliphatic hydroxyl groups excluding tert-OH is 2. The fraction of sp³-hybridized carbons (Fsp3) is 0.385. The lowest BCUT2D eigenvalue weighted by atomic mass is 9.99. The standard InChI is InChI=1S/C26H27F3N6O4/c1-15-22-24(33-23(31-15)16-4-2-5-17(10-16)26(27,28)29)35(18-6-3-9-34(22)12-18)25(38)32-21-8-7-20(11-30-21)39-14-19(37)13-36/h2,4-5,7-8,10-11,18-19,36-37H,3,6,9,12-14H2,1H3,(H,30,32,38)/t18?,19-/m1/s1. The molecule has 2 amide bonds. The average molecular weight is 545 g/mol. The van der Waals surface area contributed by atoms with Gasteiger partial charge in [0.15, 0.2) is 11.6 Å². The van der Waals surface area contributed by atoms with Gasteiger partial charge in [-0.25, -0.2) is 19.7 Å². The summed E-state index contributed by atoms with van der Waals surface area (Å²) in [4.78, 5) is 30.5. The largest absolute Gasteiger partial charge is 0.489 e. The first-order valence-electron chi connectivity index (χ1n) is 12.4. The second-order valence-electron chi connectivity index (χ2n) is 9.45. The molecule has 0 radical (unpaired) electrons. The minimum absolute atomic E-state index is 0.0982. The van der Waals surface area contributed by atoms with Crippen LogP contribution in [0.15, 0.2) is 42.6 Å². The molecular formula is C26H27F3N6O4. The number of rotatable bonds is 6. The topological polar surface area (TPSA) is 124 Å². The SMILES string of the molecule is Cc1nc(-c2cccc(C(F)(F)F)c2)nc2c1N1CCCC(C1)N2C(=O)Nc1ccc(OC[C@H](O)CO)cn1. The number of aromatic nitrogens is 3. The highest BCUT2D eigenvalue weighted by atomic mass is 19.4. The number of hydrogen-bond acceptors (Lipinski definition) is 8. The molecule has 39 heavy (non-hydrogen) atoms. The van der Waals surface area contributed by atoms with Crippen molar-refractivity contribution in [1.29, 1.82) is 0 Å². The van der Waals surface area contributed by atoms with Crippen LogP contribution in [0.3, 0.4) is 0 Å². The van der Waals surface area contributed by atoms with Crippen molar-refractivity contribution in [3.8, 4) is 17.1 Å². The van der Waals surface area contributed by atoms with Crippen molar-refractivity contribution in [1.82, 2.24) is 15.0 Å². The molecule has 1 saturated heterocycles. The summed E-state index contributed by atoms with van der Waals surface area (Å²) in [6.45, 7) is 2.56. The van der Waals surface area contributed by atoms with Gasteiger partial charge in [-0.05, 0) is 44.0 Å². The van der Waals surface area contributed by atoms with Crippen LogP contribution >= 0.6 is 0 Å². The number of amides is 2. The van der Waals surface area contributed by atoms with Crippen LogP contribution in [0.2, 0.25) is 0 Å². The van der Waals surface area contributed by atoms with Crippen LogP contribution in [0, 0.1) is 6.92 Å². The van der Waals surface area contributed by atoms with E-state index in [1.807, 2.05) is 0 Å². The van der Waals surface area contributed by atoms with Gasteiger partial charge in [0.05, 0.1) is 30.1 Å². The molecule has 3 N–H and O–H groups in total. The maximum Gasteiger partial charge on any atom is 0.416 e. The van der Waals surface area contributed by atoms with Gasteiger partial charge in [-0.1, -0.05) is 12.1 Å². The Kier molecular flexibility index (Phi) is 7.28. The number of urea groups is 1. The predicted octanol–water partition coefficient (Wildman–Crippen LogP) is 3.62. The Labute approximate surface area is 222 Å². The Morgan fingerprint density at radius 3 is 2.79 bits per heavy atom. The average Bonchev–Trinajstić information content (AvgIpc) is 2.92. The number of nitrogens with one attached hydrogen (secondary N) is 1. The van der Waals surface area contributed by atoms with Crippen molar-refractivity contribution < 1.29 is 32.9 Å².